The molecule has 0 radical (unpaired) electrons. The number of aryl methyl sites for hydroxylation is 3. The topological polar surface area (TPSA) is 70.9 Å². The third-order valence-corrected chi connectivity index (χ3v) is 7.55. The van der Waals surface area contributed by atoms with Gasteiger partial charge in [-0.25, -0.2) is 8.42 Å². The molecule has 1 aliphatic rings. The number of carbonyl (C=O) groups excluding carboxylic acids is 1. The van der Waals surface area contributed by atoms with E-state index in [1.165, 1.54) is 4.31 Å². The van der Waals surface area contributed by atoms with Crippen LogP contribution in [0.4, 0.5) is 5.69 Å². The maximum atomic E-state index is 13.0. The summed E-state index contributed by atoms with van der Waals surface area (Å²) < 4.78 is 27.6. The lowest BCUT2D eigenvalue weighted by Crippen LogP contribution is -3.15. The van der Waals surface area contributed by atoms with Gasteiger partial charge in [-0.3, -0.25) is 4.79 Å². The van der Waals surface area contributed by atoms with Crippen molar-refractivity contribution in [2.24, 2.45) is 0 Å². The molecule has 0 aromatic heterocycles. The first-order valence-corrected chi connectivity index (χ1v) is 11.5. The summed E-state index contributed by atoms with van der Waals surface area (Å²) in [6.07, 6.45) is 0. The molecule has 6 nitrogen and oxygen atoms in total. The number of quaternary nitrogens is 1. The van der Waals surface area contributed by atoms with Gasteiger partial charge in [0.2, 0.25) is 10.0 Å². The van der Waals surface area contributed by atoms with Crippen LogP contribution in [0.1, 0.15) is 16.7 Å². The fourth-order valence-electron chi connectivity index (χ4n) is 3.49. The Morgan fingerprint density at radius 2 is 1.72 bits per heavy atom. The van der Waals surface area contributed by atoms with E-state index in [1.807, 2.05) is 39.0 Å². The van der Waals surface area contributed by atoms with Crippen LogP contribution >= 0.6 is 11.6 Å². The molecule has 0 unspecified atom stereocenters. The molecule has 29 heavy (non-hydrogen) atoms. The Hall–Kier alpha value is -1.93. The van der Waals surface area contributed by atoms with Crippen LogP contribution in [-0.2, 0) is 14.8 Å². The average molecular weight is 437 g/mol. The lowest BCUT2D eigenvalue weighted by atomic mass is 10.2. The Bertz CT molecular complexity index is 1020. The van der Waals surface area contributed by atoms with Gasteiger partial charge in [-0.05, 0) is 55.7 Å². The molecule has 0 bridgehead atoms. The van der Waals surface area contributed by atoms with Crippen molar-refractivity contribution in [1.82, 2.24) is 4.31 Å². The number of carbonyl (C=O) groups is 1. The van der Waals surface area contributed by atoms with E-state index in [-0.39, 0.29) is 5.91 Å². The first-order chi connectivity index (χ1) is 13.7. The minimum atomic E-state index is -3.52. The molecule has 1 heterocycles. The first-order valence-electron chi connectivity index (χ1n) is 9.64. The quantitative estimate of drug-likeness (QED) is 0.750. The summed E-state index contributed by atoms with van der Waals surface area (Å²) in [6, 6.07) is 10.9. The van der Waals surface area contributed by atoms with Crippen molar-refractivity contribution in [2.45, 2.75) is 25.7 Å². The monoisotopic (exact) mass is 436 g/mol. The third-order valence-electron chi connectivity index (χ3n) is 5.28. The molecule has 0 spiro atoms. The first kappa shape index (κ1) is 21.8. The fourth-order valence-corrected chi connectivity index (χ4v) is 5.42. The molecule has 8 heteroatoms. The maximum absolute atomic E-state index is 13.0. The van der Waals surface area contributed by atoms with Crippen molar-refractivity contribution in [1.29, 1.82) is 0 Å². The van der Waals surface area contributed by atoms with Gasteiger partial charge in [0.1, 0.15) is 0 Å². The molecule has 1 fully saturated rings. The predicted molar refractivity (Wildman–Crippen MR) is 115 cm³/mol. The molecule has 0 saturated carbocycles. The number of rotatable bonds is 5. The Morgan fingerprint density at radius 1 is 1.07 bits per heavy atom. The number of nitrogens with zero attached hydrogens (tertiary/aromatic N) is 1. The summed E-state index contributed by atoms with van der Waals surface area (Å²) in [6.45, 7) is 7.89. The van der Waals surface area contributed by atoms with E-state index in [0.29, 0.717) is 48.3 Å². The highest BCUT2D eigenvalue weighted by Gasteiger charge is 2.32. The number of sulfonamides is 1. The summed E-state index contributed by atoms with van der Waals surface area (Å²) in [5.41, 5.74) is 3.33. The molecule has 2 aromatic rings. The normalized spacial score (nSPS) is 16.0. The second kappa shape index (κ2) is 8.83. The van der Waals surface area contributed by atoms with Crippen molar-refractivity contribution in [3.05, 3.63) is 58.1 Å². The second-order valence-electron chi connectivity index (χ2n) is 7.61. The van der Waals surface area contributed by atoms with E-state index in [2.05, 4.69) is 5.32 Å². The van der Waals surface area contributed by atoms with Gasteiger partial charge in [-0.15, -0.1) is 0 Å². The predicted octanol–water partition coefficient (Wildman–Crippen LogP) is 1.79. The average Bonchev–Trinajstić information content (AvgIpc) is 2.67. The van der Waals surface area contributed by atoms with Gasteiger partial charge in [0.15, 0.2) is 6.54 Å². The molecule has 2 N–H and O–H groups in total. The molecule has 1 aliphatic heterocycles. The Labute approximate surface area is 177 Å². The zero-order valence-electron chi connectivity index (χ0n) is 17.0. The lowest BCUT2D eigenvalue weighted by molar-refractivity contribution is -0.895. The number of amides is 1. The molecular weight excluding hydrogens is 410 g/mol. The number of benzene rings is 2. The molecule has 0 aliphatic carbocycles. The summed E-state index contributed by atoms with van der Waals surface area (Å²) in [5.74, 6) is -0.101. The van der Waals surface area contributed by atoms with Crippen LogP contribution in [0.3, 0.4) is 0 Å². The van der Waals surface area contributed by atoms with E-state index >= 15 is 0 Å². The minimum absolute atomic E-state index is 0.101. The van der Waals surface area contributed by atoms with E-state index in [4.69, 9.17) is 11.6 Å². The Balaban J connectivity index is 1.59. The highest BCUT2D eigenvalue weighted by Crippen LogP contribution is 2.21. The van der Waals surface area contributed by atoms with E-state index in [9.17, 15) is 13.2 Å². The van der Waals surface area contributed by atoms with Gasteiger partial charge < -0.3 is 10.2 Å². The van der Waals surface area contributed by atoms with Crippen LogP contribution in [0.2, 0.25) is 5.02 Å². The smallest absolute Gasteiger partial charge is 0.279 e. The summed E-state index contributed by atoms with van der Waals surface area (Å²) in [4.78, 5) is 13.9. The van der Waals surface area contributed by atoms with Gasteiger partial charge in [-0.1, -0.05) is 29.8 Å². The SMILES string of the molecule is Cc1ccc(C)c(S(=O)(=O)N2CC[NH+](CC(=O)Nc3cc(Cl)ccc3C)CC2)c1. The molecule has 0 atom stereocenters. The number of anilines is 1. The van der Waals surface area contributed by atoms with Gasteiger partial charge >= 0.3 is 0 Å². The van der Waals surface area contributed by atoms with Gasteiger partial charge in [0.25, 0.3) is 5.91 Å². The van der Waals surface area contributed by atoms with Crippen LogP contribution in [0, 0.1) is 20.8 Å². The zero-order chi connectivity index (χ0) is 21.2. The highest BCUT2D eigenvalue weighted by molar-refractivity contribution is 7.89. The van der Waals surface area contributed by atoms with E-state index in [0.717, 1.165) is 21.6 Å². The number of hydrogen-bond donors (Lipinski definition) is 2. The number of hydrogen-bond acceptors (Lipinski definition) is 3. The van der Waals surface area contributed by atoms with Crippen molar-refractivity contribution >= 4 is 33.2 Å². The number of piperazine rings is 1. The fraction of sp³-hybridized carbons (Fsp3) is 0.381. The van der Waals surface area contributed by atoms with Gasteiger partial charge in [0, 0.05) is 10.7 Å². The summed E-state index contributed by atoms with van der Waals surface area (Å²) >= 11 is 6.00. The zero-order valence-corrected chi connectivity index (χ0v) is 18.5. The highest BCUT2D eigenvalue weighted by atomic mass is 35.5. The molecule has 3 rings (SSSR count). The summed E-state index contributed by atoms with van der Waals surface area (Å²) in [7, 11) is -3.52. The Morgan fingerprint density at radius 3 is 2.41 bits per heavy atom. The molecule has 1 amide bonds. The van der Waals surface area contributed by atoms with Crippen molar-refractivity contribution in [3.8, 4) is 0 Å². The minimum Gasteiger partial charge on any atom is -0.325 e. The van der Waals surface area contributed by atoms with Crippen molar-refractivity contribution in [2.75, 3.05) is 38.0 Å². The summed E-state index contributed by atoms with van der Waals surface area (Å²) in [5, 5.41) is 3.48. The van der Waals surface area contributed by atoms with E-state index < -0.39 is 10.0 Å². The molecule has 2 aromatic carbocycles. The van der Waals surface area contributed by atoms with Crippen LogP contribution in [0.25, 0.3) is 0 Å². The molecule has 1 saturated heterocycles. The largest absolute Gasteiger partial charge is 0.325 e. The van der Waals surface area contributed by atoms with Crippen LogP contribution in [-0.4, -0.2) is 51.4 Å². The number of halogens is 1. The van der Waals surface area contributed by atoms with Crippen molar-refractivity contribution < 1.29 is 18.1 Å². The van der Waals surface area contributed by atoms with Crippen LogP contribution < -0.4 is 10.2 Å². The van der Waals surface area contributed by atoms with Gasteiger partial charge in [0.05, 0.1) is 31.1 Å². The Kier molecular flexibility index (Phi) is 6.63. The van der Waals surface area contributed by atoms with E-state index in [1.54, 1.807) is 18.2 Å². The maximum Gasteiger partial charge on any atom is 0.279 e. The van der Waals surface area contributed by atoms with Crippen LogP contribution in [0.15, 0.2) is 41.3 Å². The lowest BCUT2D eigenvalue weighted by Gasteiger charge is -2.31. The van der Waals surface area contributed by atoms with Gasteiger partial charge in [-0.2, -0.15) is 4.31 Å². The standard InChI is InChI=1S/C21H26ClN3O3S/c1-15-4-5-17(3)20(12-15)29(27,28)25-10-8-24(9-11-25)14-21(26)23-19-13-18(22)7-6-16(19)2/h4-7,12-13H,8-11,14H2,1-3H3,(H,23,26)/p+1. The third kappa shape index (κ3) is 5.17. The van der Waals surface area contributed by atoms with Crippen LogP contribution in [0.5, 0.6) is 0 Å². The molecule has 156 valence electrons. The van der Waals surface area contributed by atoms with Crippen molar-refractivity contribution in [3.63, 3.8) is 0 Å². The number of nitrogens with one attached hydrogen (secondary N) is 2. The second-order valence-corrected chi connectivity index (χ2v) is 9.95. The molecular formula is C21H27ClN3O3S+.